The van der Waals surface area contributed by atoms with Crippen molar-refractivity contribution in [3.05, 3.63) is 35.4 Å². The van der Waals surface area contributed by atoms with Crippen molar-refractivity contribution in [2.24, 2.45) is 0 Å². The first kappa shape index (κ1) is 20.7. The van der Waals surface area contributed by atoms with E-state index in [0.29, 0.717) is 25.1 Å². The van der Waals surface area contributed by atoms with Crippen LogP contribution in [0.3, 0.4) is 0 Å². The van der Waals surface area contributed by atoms with Crippen LogP contribution in [0.1, 0.15) is 56.5 Å². The Morgan fingerprint density at radius 1 is 1.04 bits per heavy atom. The molecule has 0 bridgehead atoms. The van der Waals surface area contributed by atoms with Crippen LogP contribution >= 0.6 is 0 Å². The fraction of sp³-hybridized carbons (Fsp3) is 0.526. The Bertz CT molecular complexity index is 588. The smallest absolute Gasteiger partial charge is 0.305 e. The van der Waals surface area contributed by atoms with Gasteiger partial charge in [0.05, 0.1) is 13.2 Å². The summed E-state index contributed by atoms with van der Waals surface area (Å²) >= 11 is 0. The summed E-state index contributed by atoms with van der Waals surface area (Å²) in [4.78, 5) is 34.9. The van der Waals surface area contributed by atoms with Crippen molar-refractivity contribution in [2.75, 3.05) is 19.7 Å². The molecule has 0 aliphatic carbocycles. The molecule has 0 fully saturated rings. The molecule has 1 aromatic carbocycles. The Hall–Kier alpha value is -2.37. The maximum atomic E-state index is 12.0. The molecular weight excluding hydrogens is 320 g/mol. The zero-order valence-corrected chi connectivity index (χ0v) is 15.5. The van der Waals surface area contributed by atoms with Crippen LogP contribution in [0.25, 0.3) is 0 Å². The lowest BCUT2D eigenvalue weighted by Gasteiger charge is -2.19. The van der Waals surface area contributed by atoms with Gasteiger partial charge in [0.1, 0.15) is 0 Å². The molecule has 0 saturated heterocycles. The van der Waals surface area contributed by atoms with Gasteiger partial charge >= 0.3 is 5.97 Å². The normalized spacial score (nSPS) is 10.9. The molecule has 0 unspecified atom stereocenters. The van der Waals surface area contributed by atoms with E-state index in [2.05, 4.69) is 31.4 Å². The molecule has 0 aliphatic heterocycles. The quantitative estimate of drug-likeness (QED) is 0.557. The van der Waals surface area contributed by atoms with Crippen LogP contribution in [-0.2, 0) is 19.7 Å². The van der Waals surface area contributed by atoms with Gasteiger partial charge in [-0.05, 0) is 36.5 Å². The van der Waals surface area contributed by atoms with Crippen molar-refractivity contribution in [1.29, 1.82) is 0 Å². The minimum Gasteiger partial charge on any atom is -0.466 e. The number of benzene rings is 1. The summed E-state index contributed by atoms with van der Waals surface area (Å²) in [6.07, 6.45) is 0.771. The number of esters is 1. The Labute approximate surface area is 149 Å². The molecule has 138 valence electrons. The number of hydrogen-bond donors (Lipinski definition) is 2. The van der Waals surface area contributed by atoms with Crippen molar-refractivity contribution < 1.29 is 19.1 Å². The lowest BCUT2D eigenvalue weighted by molar-refractivity contribution is -0.143. The van der Waals surface area contributed by atoms with Gasteiger partial charge in [-0.1, -0.05) is 32.9 Å². The third-order valence-corrected chi connectivity index (χ3v) is 3.61. The Morgan fingerprint density at radius 3 is 2.24 bits per heavy atom. The standard InChI is InChI=1S/C19H28N2O4/c1-5-25-17(23)7-6-12-20-16(22)13-21-18(24)14-8-10-15(11-9-14)19(2,3)4/h8-11H,5-7,12-13H2,1-4H3,(H,20,22)(H,21,24). The van der Waals surface area contributed by atoms with Crippen molar-refractivity contribution in [3.8, 4) is 0 Å². The molecule has 2 amide bonds. The van der Waals surface area contributed by atoms with Crippen molar-refractivity contribution in [2.45, 2.75) is 46.0 Å². The summed E-state index contributed by atoms with van der Waals surface area (Å²) in [6, 6.07) is 7.36. The maximum absolute atomic E-state index is 12.0. The van der Waals surface area contributed by atoms with Gasteiger partial charge in [-0.3, -0.25) is 14.4 Å². The fourth-order valence-electron chi connectivity index (χ4n) is 2.14. The minimum atomic E-state index is -0.290. The third-order valence-electron chi connectivity index (χ3n) is 3.61. The van der Waals surface area contributed by atoms with E-state index in [1.165, 1.54) is 0 Å². The number of nitrogens with one attached hydrogen (secondary N) is 2. The van der Waals surface area contributed by atoms with Crippen LogP contribution < -0.4 is 10.6 Å². The van der Waals surface area contributed by atoms with Crippen LogP contribution in [0.2, 0.25) is 0 Å². The van der Waals surface area contributed by atoms with Gasteiger partial charge in [0.2, 0.25) is 5.91 Å². The predicted molar refractivity (Wildman–Crippen MR) is 96.4 cm³/mol. The fourth-order valence-corrected chi connectivity index (χ4v) is 2.14. The molecule has 0 aliphatic rings. The van der Waals surface area contributed by atoms with E-state index >= 15 is 0 Å². The van der Waals surface area contributed by atoms with E-state index in [1.54, 1.807) is 19.1 Å². The second-order valence-electron chi connectivity index (χ2n) is 6.77. The molecule has 0 spiro atoms. The van der Waals surface area contributed by atoms with Crippen LogP contribution in [0.15, 0.2) is 24.3 Å². The van der Waals surface area contributed by atoms with Crippen molar-refractivity contribution in [3.63, 3.8) is 0 Å². The topological polar surface area (TPSA) is 84.5 Å². The van der Waals surface area contributed by atoms with Gasteiger partial charge in [-0.25, -0.2) is 0 Å². The molecule has 6 nitrogen and oxygen atoms in total. The van der Waals surface area contributed by atoms with Crippen LogP contribution in [0.5, 0.6) is 0 Å². The van der Waals surface area contributed by atoms with Gasteiger partial charge < -0.3 is 15.4 Å². The SMILES string of the molecule is CCOC(=O)CCCNC(=O)CNC(=O)c1ccc(C(C)(C)C)cc1. The molecule has 1 aromatic rings. The average molecular weight is 348 g/mol. The molecule has 2 N–H and O–H groups in total. The number of carbonyl (C=O) groups excluding carboxylic acids is 3. The maximum Gasteiger partial charge on any atom is 0.305 e. The van der Waals surface area contributed by atoms with E-state index in [4.69, 9.17) is 4.74 Å². The highest BCUT2D eigenvalue weighted by atomic mass is 16.5. The first-order valence-corrected chi connectivity index (χ1v) is 8.55. The van der Waals surface area contributed by atoms with Crippen LogP contribution in [-0.4, -0.2) is 37.5 Å². The lowest BCUT2D eigenvalue weighted by atomic mass is 9.87. The molecule has 1 rings (SSSR count). The second-order valence-corrected chi connectivity index (χ2v) is 6.77. The van der Waals surface area contributed by atoms with Gasteiger partial charge in [0, 0.05) is 18.5 Å². The number of carbonyl (C=O) groups is 3. The van der Waals surface area contributed by atoms with E-state index in [9.17, 15) is 14.4 Å². The monoisotopic (exact) mass is 348 g/mol. The van der Waals surface area contributed by atoms with Crippen molar-refractivity contribution in [1.82, 2.24) is 10.6 Å². The molecule has 6 heteroatoms. The first-order valence-electron chi connectivity index (χ1n) is 8.55. The van der Waals surface area contributed by atoms with Gasteiger partial charge in [0.25, 0.3) is 5.91 Å². The van der Waals surface area contributed by atoms with Crippen LogP contribution in [0, 0.1) is 0 Å². The summed E-state index contributed by atoms with van der Waals surface area (Å²) in [7, 11) is 0. The molecule has 0 heterocycles. The van der Waals surface area contributed by atoms with Gasteiger partial charge in [-0.2, -0.15) is 0 Å². The summed E-state index contributed by atoms with van der Waals surface area (Å²) in [5.74, 6) is -0.852. The molecule has 25 heavy (non-hydrogen) atoms. The molecule has 0 atom stereocenters. The van der Waals surface area contributed by atoms with Gasteiger partial charge in [0.15, 0.2) is 0 Å². The molecule has 0 saturated carbocycles. The first-order chi connectivity index (χ1) is 11.7. The second kappa shape index (κ2) is 9.81. The number of amides is 2. The van der Waals surface area contributed by atoms with Crippen molar-refractivity contribution >= 4 is 17.8 Å². The number of ether oxygens (including phenoxy) is 1. The van der Waals surface area contributed by atoms with E-state index in [-0.39, 0.29) is 36.2 Å². The van der Waals surface area contributed by atoms with E-state index in [0.717, 1.165) is 5.56 Å². The average Bonchev–Trinajstić information content (AvgIpc) is 2.56. The Balaban J connectivity index is 2.31. The number of rotatable bonds is 8. The zero-order chi connectivity index (χ0) is 18.9. The summed E-state index contributed by atoms with van der Waals surface area (Å²) in [6.45, 7) is 8.69. The third kappa shape index (κ3) is 7.83. The molecule has 0 radical (unpaired) electrons. The molecular formula is C19H28N2O4. The van der Waals surface area contributed by atoms with Gasteiger partial charge in [-0.15, -0.1) is 0 Å². The van der Waals surface area contributed by atoms with E-state index < -0.39 is 0 Å². The lowest BCUT2D eigenvalue weighted by Crippen LogP contribution is -2.37. The highest BCUT2D eigenvalue weighted by Gasteiger charge is 2.14. The van der Waals surface area contributed by atoms with E-state index in [1.807, 2.05) is 12.1 Å². The summed E-state index contributed by atoms with van der Waals surface area (Å²) in [5.41, 5.74) is 1.69. The highest BCUT2D eigenvalue weighted by molar-refractivity contribution is 5.96. The molecule has 0 aromatic heterocycles. The number of hydrogen-bond acceptors (Lipinski definition) is 4. The minimum absolute atomic E-state index is 0.0262. The zero-order valence-electron chi connectivity index (χ0n) is 15.5. The Kier molecular flexibility index (Phi) is 8.11. The Morgan fingerprint density at radius 2 is 1.68 bits per heavy atom. The largest absolute Gasteiger partial charge is 0.466 e. The summed E-state index contributed by atoms with van der Waals surface area (Å²) < 4.78 is 4.80. The summed E-state index contributed by atoms with van der Waals surface area (Å²) in [5, 5.41) is 5.24. The predicted octanol–water partition coefficient (Wildman–Crippen LogP) is 2.17. The van der Waals surface area contributed by atoms with Crippen LogP contribution in [0.4, 0.5) is 0 Å². The highest BCUT2D eigenvalue weighted by Crippen LogP contribution is 2.22.